The molecule has 0 bridgehead atoms. The fourth-order valence-corrected chi connectivity index (χ4v) is 2.32. The van der Waals surface area contributed by atoms with Crippen LogP contribution in [0.5, 0.6) is 0 Å². The molecule has 0 atom stereocenters. The van der Waals surface area contributed by atoms with E-state index >= 15 is 0 Å². The van der Waals surface area contributed by atoms with E-state index in [4.69, 9.17) is 6.42 Å². The minimum atomic E-state index is -0.211. The monoisotopic (exact) mass is 305 g/mol. The molecule has 3 nitrogen and oxygen atoms in total. The molecule has 18 heavy (non-hydrogen) atoms. The Balaban J connectivity index is 2.11. The largest absolute Gasteiger partial charge is 0.274 e. The number of hydrogen-bond donors (Lipinski definition) is 0. The summed E-state index contributed by atoms with van der Waals surface area (Å²) < 4.78 is 0.802. The van der Waals surface area contributed by atoms with Gasteiger partial charge >= 0.3 is 0 Å². The number of halogens is 1. The number of imide groups is 1. The molecule has 0 aromatic heterocycles. The van der Waals surface area contributed by atoms with Crippen molar-refractivity contribution in [2.75, 3.05) is 6.54 Å². The van der Waals surface area contributed by atoms with Crippen LogP contribution >= 0.6 is 15.9 Å². The molecule has 0 saturated heterocycles. The van der Waals surface area contributed by atoms with Gasteiger partial charge in [-0.05, 0) is 31.0 Å². The highest BCUT2D eigenvalue weighted by molar-refractivity contribution is 9.10. The van der Waals surface area contributed by atoms with Gasteiger partial charge in [-0.2, -0.15) is 0 Å². The summed E-state index contributed by atoms with van der Waals surface area (Å²) in [4.78, 5) is 25.4. The summed E-state index contributed by atoms with van der Waals surface area (Å²) in [5.74, 6) is 2.13. The summed E-state index contributed by atoms with van der Waals surface area (Å²) in [7, 11) is 0. The Morgan fingerprint density at radius 3 is 2.61 bits per heavy atom. The lowest BCUT2D eigenvalue weighted by Crippen LogP contribution is -2.30. The van der Waals surface area contributed by atoms with Gasteiger partial charge in [0.15, 0.2) is 0 Å². The average molecular weight is 306 g/mol. The van der Waals surface area contributed by atoms with Crippen molar-refractivity contribution in [2.45, 2.75) is 19.3 Å². The van der Waals surface area contributed by atoms with Gasteiger partial charge in [-0.1, -0.05) is 15.9 Å². The van der Waals surface area contributed by atoms with Crippen molar-refractivity contribution in [3.8, 4) is 12.3 Å². The van der Waals surface area contributed by atoms with E-state index in [-0.39, 0.29) is 11.8 Å². The van der Waals surface area contributed by atoms with E-state index < -0.39 is 0 Å². The molecular formula is C14H12BrNO2. The average Bonchev–Trinajstić information content (AvgIpc) is 2.59. The van der Waals surface area contributed by atoms with Crippen LogP contribution in [0.1, 0.15) is 40.0 Å². The Morgan fingerprint density at radius 1 is 1.17 bits per heavy atom. The van der Waals surface area contributed by atoms with Crippen molar-refractivity contribution in [2.24, 2.45) is 0 Å². The second-order valence-corrected chi connectivity index (χ2v) is 5.03. The van der Waals surface area contributed by atoms with E-state index in [1.165, 1.54) is 4.90 Å². The van der Waals surface area contributed by atoms with E-state index in [0.717, 1.165) is 17.3 Å². The lowest BCUT2D eigenvalue weighted by atomic mass is 10.1. The van der Waals surface area contributed by atoms with Crippen LogP contribution in [-0.4, -0.2) is 23.3 Å². The van der Waals surface area contributed by atoms with Gasteiger partial charge < -0.3 is 0 Å². The molecule has 0 spiro atoms. The van der Waals surface area contributed by atoms with Crippen LogP contribution < -0.4 is 0 Å². The summed E-state index contributed by atoms with van der Waals surface area (Å²) in [5, 5.41) is 0. The van der Waals surface area contributed by atoms with E-state index in [1.807, 2.05) is 0 Å². The van der Waals surface area contributed by atoms with Gasteiger partial charge in [0.1, 0.15) is 0 Å². The standard InChI is InChI=1S/C14H12BrNO2/c1-2-3-4-5-8-16-13(17)11-7-6-10(15)9-12(11)14(16)18/h1,6-7,9H,3-5,8H2. The van der Waals surface area contributed by atoms with Crippen molar-refractivity contribution in [1.29, 1.82) is 0 Å². The van der Waals surface area contributed by atoms with Crippen molar-refractivity contribution in [3.05, 3.63) is 33.8 Å². The van der Waals surface area contributed by atoms with Crippen LogP contribution in [0, 0.1) is 12.3 Å². The lowest BCUT2D eigenvalue weighted by molar-refractivity contribution is 0.0652. The smallest absolute Gasteiger partial charge is 0.261 e. The molecule has 0 fully saturated rings. The highest BCUT2D eigenvalue weighted by Gasteiger charge is 2.34. The highest BCUT2D eigenvalue weighted by atomic mass is 79.9. The summed E-state index contributed by atoms with van der Waals surface area (Å²) in [6.45, 7) is 0.436. The Labute approximate surface area is 114 Å². The first-order valence-electron chi connectivity index (χ1n) is 5.74. The molecule has 92 valence electrons. The number of carbonyl (C=O) groups excluding carboxylic acids is 2. The van der Waals surface area contributed by atoms with E-state index in [1.54, 1.807) is 18.2 Å². The predicted octanol–water partition coefficient (Wildman–Crippen LogP) is 2.85. The van der Waals surface area contributed by atoms with Gasteiger partial charge in [-0.3, -0.25) is 14.5 Å². The molecule has 2 amide bonds. The summed E-state index contributed by atoms with van der Waals surface area (Å²) in [5.41, 5.74) is 0.964. The molecule has 0 unspecified atom stereocenters. The molecule has 1 aromatic carbocycles. The quantitative estimate of drug-likeness (QED) is 0.487. The molecule has 1 aliphatic rings. The number of hydrogen-bond acceptors (Lipinski definition) is 2. The normalized spacial score (nSPS) is 13.7. The second kappa shape index (κ2) is 5.36. The van der Waals surface area contributed by atoms with Crippen molar-refractivity contribution in [1.82, 2.24) is 4.90 Å². The van der Waals surface area contributed by atoms with Crippen LogP contribution in [0.4, 0.5) is 0 Å². The molecule has 0 aliphatic carbocycles. The van der Waals surface area contributed by atoms with Gasteiger partial charge in [0.2, 0.25) is 0 Å². The zero-order valence-electron chi connectivity index (χ0n) is 9.78. The highest BCUT2D eigenvalue weighted by Crippen LogP contribution is 2.26. The van der Waals surface area contributed by atoms with Crippen LogP contribution in [-0.2, 0) is 0 Å². The maximum Gasteiger partial charge on any atom is 0.261 e. The lowest BCUT2D eigenvalue weighted by Gasteiger charge is -2.12. The Morgan fingerprint density at radius 2 is 1.89 bits per heavy atom. The third kappa shape index (κ3) is 2.32. The summed E-state index contributed by atoms with van der Waals surface area (Å²) in [6, 6.07) is 5.14. The number of unbranched alkanes of at least 4 members (excludes halogenated alkanes) is 2. The van der Waals surface area contributed by atoms with E-state index in [2.05, 4.69) is 21.9 Å². The molecule has 0 N–H and O–H groups in total. The zero-order valence-corrected chi connectivity index (χ0v) is 11.4. The van der Waals surface area contributed by atoms with Gasteiger partial charge in [0, 0.05) is 17.4 Å². The minimum Gasteiger partial charge on any atom is -0.274 e. The molecule has 1 heterocycles. The maximum absolute atomic E-state index is 12.1. The first-order valence-corrected chi connectivity index (χ1v) is 6.53. The number of terminal acetylenes is 1. The summed E-state index contributed by atoms with van der Waals surface area (Å²) in [6.07, 6.45) is 7.41. The SMILES string of the molecule is C#CCCCCN1C(=O)c2ccc(Br)cc2C1=O. The molecule has 4 heteroatoms. The van der Waals surface area contributed by atoms with Gasteiger partial charge in [0.25, 0.3) is 11.8 Å². The number of amides is 2. The molecule has 0 saturated carbocycles. The number of nitrogens with zero attached hydrogens (tertiary/aromatic N) is 1. The zero-order chi connectivity index (χ0) is 13.1. The van der Waals surface area contributed by atoms with Crippen LogP contribution in [0.15, 0.2) is 22.7 Å². The number of benzene rings is 1. The topological polar surface area (TPSA) is 37.4 Å². The van der Waals surface area contributed by atoms with E-state index in [9.17, 15) is 9.59 Å². The Hall–Kier alpha value is -1.60. The van der Waals surface area contributed by atoms with Crippen molar-refractivity contribution >= 4 is 27.7 Å². The molecule has 0 radical (unpaired) electrons. The van der Waals surface area contributed by atoms with Crippen molar-refractivity contribution < 1.29 is 9.59 Å². The minimum absolute atomic E-state index is 0.205. The second-order valence-electron chi connectivity index (χ2n) is 4.11. The fraction of sp³-hybridized carbons (Fsp3) is 0.286. The summed E-state index contributed by atoms with van der Waals surface area (Å²) >= 11 is 3.30. The maximum atomic E-state index is 12.1. The number of rotatable bonds is 4. The first-order chi connectivity index (χ1) is 8.65. The van der Waals surface area contributed by atoms with Gasteiger partial charge in [-0.15, -0.1) is 12.3 Å². The molecule has 2 rings (SSSR count). The van der Waals surface area contributed by atoms with Gasteiger partial charge in [0.05, 0.1) is 11.1 Å². The predicted molar refractivity (Wildman–Crippen MR) is 72.2 cm³/mol. The van der Waals surface area contributed by atoms with Crippen LogP contribution in [0.3, 0.4) is 0 Å². The molecule has 1 aliphatic heterocycles. The van der Waals surface area contributed by atoms with Crippen LogP contribution in [0.25, 0.3) is 0 Å². The third-order valence-corrected chi connectivity index (χ3v) is 3.38. The van der Waals surface area contributed by atoms with Gasteiger partial charge in [-0.25, -0.2) is 0 Å². The molecule has 1 aromatic rings. The number of carbonyl (C=O) groups is 2. The number of fused-ring (bicyclic) bond motifs is 1. The third-order valence-electron chi connectivity index (χ3n) is 2.89. The van der Waals surface area contributed by atoms with Crippen molar-refractivity contribution in [3.63, 3.8) is 0 Å². The van der Waals surface area contributed by atoms with E-state index in [0.29, 0.717) is 24.1 Å². The fourth-order valence-electron chi connectivity index (χ4n) is 1.96. The molecular weight excluding hydrogens is 294 g/mol. The first kappa shape index (κ1) is 12.8. The Kier molecular flexibility index (Phi) is 3.83. The Bertz CT molecular complexity index is 545. The van der Waals surface area contributed by atoms with Crippen LogP contribution in [0.2, 0.25) is 0 Å².